The first kappa shape index (κ1) is 11.4. The van der Waals surface area contributed by atoms with E-state index >= 15 is 0 Å². The number of nitrogens with zero attached hydrogens (tertiary/aromatic N) is 3. The maximum absolute atomic E-state index is 10.9. The van der Waals surface area contributed by atoms with Gasteiger partial charge in [-0.15, -0.1) is 0 Å². The molecule has 1 heterocycles. The van der Waals surface area contributed by atoms with Crippen molar-refractivity contribution in [2.75, 3.05) is 31.1 Å². The number of nitro benzene ring substituents is 1. The molecule has 0 bridgehead atoms. The van der Waals surface area contributed by atoms with Crippen molar-refractivity contribution in [1.29, 1.82) is 0 Å². The van der Waals surface area contributed by atoms with Crippen LogP contribution >= 0.6 is 0 Å². The van der Waals surface area contributed by atoms with Crippen LogP contribution in [0.25, 0.3) is 0 Å². The van der Waals surface area contributed by atoms with Crippen LogP contribution in [0.1, 0.15) is 0 Å². The third-order valence-corrected chi connectivity index (χ3v) is 2.88. The Balaban J connectivity index is 2.18. The molecule has 0 aliphatic carbocycles. The number of rotatable bonds is 3. The quantitative estimate of drug-likeness (QED) is 0.443. The Morgan fingerprint density at radius 3 is 2.41 bits per heavy atom. The number of para-hydroxylation sites is 2. The Morgan fingerprint density at radius 2 is 1.82 bits per heavy atom. The zero-order valence-electron chi connectivity index (χ0n) is 9.28. The number of piperazine rings is 1. The van der Waals surface area contributed by atoms with Crippen LogP contribution in [0.4, 0.5) is 11.4 Å². The summed E-state index contributed by atoms with van der Waals surface area (Å²) >= 11 is 0. The fourth-order valence-electron chi connectivity index (χ4n) is 1.95. The van der Waals surface area contributed by atoms with Gasteiger partial charge in [0.15, 0.2) is 0 Å². The van der Waals surface area contributed by atoms with Gasteiger partial charge in [0, 0.05) is 32.2 Å². The lowest BCUT2D eigenvalue weighted by Gasteiger charge is -2.33. The van der Waals surface area contributed by atoms with E-state index < -0.39 is 0 Å². The first-order valence-corrected chi connectivity index (χ1v) is 5.40. The van der Waals surface area contributed by atoms with Crippen molar-refractivity contribution in [2.24, 2.45) is 0 Å². The number of amides is 1. The molecule has 6 nitrogen and oxygen atoms in total. The molecule has 1 aliphatic heterocycles. The van der Waals surface area contributed by atoms with E-state index in [0.29, 0.717) is 31.9 Å². The summed E-state index contributed by atoms with van der Waals surface area (Å²) in [6, 6.07) is 6.69. The molecule has 1 fully saturated rings. The van der Waals surface area contributed by atoms with Crippen molar-refractivity contribution in [1.82, 2.24) is 4.90 Å². The molecule has 90 valence electrons. The van der Waals surface area contributed by atoms with Gasteiger partial charge in [-0.25, -0.2) is 0 Å². The topological polar surface area (TPSA) is 66.7 Å². The molecule has 0 atom stereocenters. The molecule has 0 radical (unpaired) electrons. The summed E-state index contributed by atoms with van der Waals surface area (Å²) in [5.41, 5.74) is 0.745. The van der Waals surface area contributed by atoms with Gasteiger partial charge < -0.3 is 9.80 Å². The second-order valence-corrected chi connectivity index (χ2v) is 3.87. The van der Waals surface area contributed by atoms with Crippen molar-refractivity contribution < 1.29 is 9.72 Å². The average Bonchev–Trinajstić information content (AvgIpc) is 2.39. The zero-order valence-corrected chi connectivity index (χ0v) is 9.28. The first-order valence-electron chi connectivity index (χ1n) is 5.40. The van der Waals surface area contributed by atoms with Gasteiger partial charge in [0.25, 0.3) is 5.69 Å². The van der Waals surface area contributed by atoms with Crippen molar-refractivity contribution in [3.8, 4) is 0 Å². The van der Waals surface area contributed by atoms with Crippen LogP contribution in [-0.4, -0.2) is 42.4 Å². The first-order chi connectivity index (χ1) is 8.22. The van der Waals surface area contributed by atoms with Gasteiger partial charge >= 0.3 is 0 Å². The maximum Gasteiger partial charge on any atom is 0.292 e. The summed E-state index contributed by atoms with van der Waals surface area (Å²) in [6.45, 7) is 2.47. The summed E-state index contributed by atoms with van der Waals surface area (Å²) < 4.78 is 0. The Morgan fingerprint density at radius 1 is 1.18 bits per heavy atom. The maximum atomic E-state index is 10.9. The number of anilines is 1. The molecular formula is C11H13N3O3. The van der Waals surface area contributed by atoms with Crippen LogP contribution in [0, 0.1) is 10.1 Å². The van der Waals surface area contributed by atoms with Crippen molar-refractivity contribution in [3.05, 3.63) is 34.4 Å². The fourth-order valence-corrected chi connectivity index (χ4v) is 1.95. The highest BCUT2D eigenvalue weighted by atomic mass is 16.6. The minimum Gasteiger partial charge on any atom is -0.362 e. The lowest BCUT2D eigenvalue weighted by molar-refractivity contribution is -0.384. The van der Waals surface area contributed by atoms with E-state index in [2.05, 4.69) is 0 Å². The molecule has 0 N–H and O–H groups in total. The van der Waals surface area contributed by atoms with Crippen LogP contribution < -0.4 is 4.90 Å². The minimum atomic E-state index is -0.374. The molecule has 1 aliphatic rings. The predicted molar refractivity (Wildman–Crippen MR) is 62.9 cm³/mol. The van der Waals surface area contributed by atoms with Crippen molar-refractivity contribution in [2.45, 2.75) is 0 Å². The van der Waals surface area contributed by atoms with E-state index in [-0.39, 0.29) is 10.6 Å². The van der Waals surface area contributed by atoms with Crippen molar-refractivity contribution >= 4 is 17.8 Å². The van der Waals surface area contributed by atoms with E-state index in [4.69, 9.17) is 0 Å². The fraction of sp³-hybridized carbons (Fsp3) is 0.364. The van der Waals surface area contributed by atoms with Gasteiger partial charge in [-0.3, -0.25) is 14.9 Å². The van der Waals surface area contributed by atoms with Crippen LogP contribution in [0.2, 0.25) is 0 Å². The second-order valence-electron chi connectivity index (χ2n) is 3.87. The predicted octanol–water partition coefficient (Wildman–Crippen LogP) is 0.873. The normalized spacial score (nSPS) is 15.8. The highest BCUT2D eigenvalue weighted by molar-refractivity contribution is 5.63. The lowest BCUT2D eigenvalue weighted by atomic mass is 10.2. The number of hydrogen-bond acceptors (Lipinski definition) is 4. The molecule has 0 spiro atoms. The monoisotopic (exact) mass is 235 g/mol. The Hall–Kier alpha value is -2.11. The zero-order chi connectivity index (χ0) is 12.3. The number of hydrogen-bond donors (Lipinski definition) is 0. The van der Waals surface area contributed by atoms with Crippen LogP contribution in [0.5, 0.6) is 0 Å². The van der Waals surface area contributed by atoms with Crippen molar-refractivity contribution in [3.63, 3.8) is 0 Å². The van der Waals surface area contributed by atoms with E-state index in [1.807, 2.05) is 4.90 Å². The van der Waals surface area contributed by atoms with E-state index in [1.165, 1.54) is 6.07 Å². The number of carbonyl (C=O) groups excluding carboxylic acids is 1. The molecule has 1 amide bonds. The standard InChI is InChI=1S/C11H13N3O3/c15-9-12-5-7-13(8-6-12)10-3-1-2-4-11(10)14(16)17/h1-4,9H,5-8H2. The molecular weight excluding hydrogens is 222 g/mol. The third kappa shape index (κ3) is 2.35. The highest BCUT2D eigenvalue weighted by Gasteiger charge is 2.22. The summed E-state index contributed by atoms with van der Waals surface area (Å²) in [4.78, 5) is 24.7. The van der Waals surface area contributed by atoms with E-state index in [9.17, 15) is 14.9 Å². The van der Waals surface area contributed by atoms with Gasteiger partial charge in [-0.2, -0.15) is 0 Å². The Bertz CT molecular complexity index is 428. The number of benzene rings is 1. The minimum absolute atomic E-state index is 0.118. The number of nitro groups is 1. The summed E-state index contributed by atoms with van der Waals surface area (Å²) in [5.74, 6) is 0. The summed E-state index contributed by atoms with van der Waals surface area (Å²) in [5, 5.41) is 10.9. The smallest absolute Gasteiger partial charge is 0.292 e. The molecule has 1 aromatic carbocycles. The molecule has 1 saturated heterocycles. The van der Waals surface area contributed by atoms with Gasteiger partial charge in [-0.05, 0) is 6.07 Å². The SMILES string of the molecule is O=CN1CCN(c2ccccc2[N+](=O)[O-])CC1. The Labute approximate surface area is 98.6 Å². The molecule has 6 heteroatoms. The van der Waals surface area contributed by atoms with E-state index in [1.54, 1.807) is 23.1 Å². The largest absolute Gasteiger partial charge is 0.362 e. The lowest BCUT2D eigenvalue weighted by Crippen LogP contribution is -2.45. The van der Waals surface area contributed by atoms with Gasteiger partial charge in [0.05, 0.1) is 4.92 Å². The molecule has 0 unspecified atom stereocenters. The molecule has 0 saturated carbocycles. The van der Waals surface area contributed by atoms with E-state index in [0.717, 1.165) is 6.41 Å². The summed E-state index contributed by atoms with van der Waals surface area (Å²) in [7, 11) is 0. The average molecular weight is 235 g/mol. The summed E-state index contributed by atoms with van der Waals surface area (Å²) in [6.07, 6.45) is 0.816. The van der Waals surface area contributed by atoms with Gasteiger partial charge in [0.1, 0.15) is 5.69 Å². The molecule has 0 aromatic heterocycles. The van der Waals surface area contributed by atoms with Gasteiger partial charge in [0.2, 0.25) is 6.41 Å². The van der Waals surface area contributed by atoms with Gasteiger partial charge in [-0.1, -0.05) is 12.1 Å². The molecule has 17 heavy (non-hydrogen) atoms. The second kappa shape index (κ2) is 4.82. The number of carbonyl (C=O) groups is 1. The third-order valence-electron chi connectivity index (χ3n) is 2.88. The molecule has 1 aromatic rings. The van der Waals surface area contributed by atoms with Crippen LogP contribution in [0.3, 0.4) is 0 Å². The Kier molecular flexibility index (Phi) is 3.22. The molecule has 2 rings (SSSR count). The highest BCUT2D eigenvalue weighted by Crippen LogP contribution is 2.27. The van der Waals surface area contributed by atoms with Crippen LogP contribution in [-0.2, 0) is 4.79 Å². The van der Waals surface area contributed by atoms with Crippen LogP contribution in [0.15, 0.2) is 24.3 Å².